The predicted molar refractivity (Wildman–Crippen MR) is 129 cm³/mol. The third-order valence-electron chi connectivity index (χ3n) is 4.76. The topological polar surface area (TPSA) is 114 Å². The number of hydrogen-bond donors (Lipinski definition) is 1. The molecule has 2 amide bonds. The van der Waals surface area contributed by atoms with Crippen LogP contribution in [0.25, 0.3) is 0 Å². The highest BCUT2D eigenvalue weighted by Crippen LogP contribution is 2.32. The molecular weight excluding hydrogens is 458 g/mol. The Hall–Kier alpha value is -3.66. The van der Waals surface area contributed by atoms with Gasteiger partial charge in [0.1, 0.15) is 11.0 Å². The zero-order valence-corrected chi connectivity index (χ0v) is 19.7. The summed E-state index contributed by atoms with van der Waals surface area (Å²) in [5.74, 6) is -0.975. The number of amidine groups is 1. The molecule has 3 rings (SSSR count). The summed E-state index contributed by atoms with van der Waals surface area (Å²) in [5.41, 5.74) is 1.21. The van der Waals surface area contributed by atoms with Gasteiger partial charge >= 0.3 is 11.9 Å². The first-order valence-corrected chi connectivity index (χ1v) is 11.5. The first kappa shape index (κ1) is 25.0. The average Bonchev–Trinajstić information content (AvgIpc) is 3.09. The van der Waals surface area contributed by atoms with Gasteiger partial charge in [-0.1, -0.05) is 30.0 Å². The molecule has 1 aliphatic rings. The summed E-state index contributed by atoms with van der Waals surface area (Å²) >= 11 is 1.23. The number of anilines is 1. The number of amides is 2. The van der Waals surface area contributed by atoms with Gasteiger partial charge in [0, 0.05) is 32.0 Å². The number of para-hydroxylation sites is 1. The zero-order valence-electron chi connectivity index (χ0n) is 18.9. The minimum atomic E-state index is -0.638. The number of thioether (sulfide) groups is 1. The fourth-order valence-electron chi connectivity index (χ4n) is 3.18. The minimum absolute atomic E-state index is 0.0451. The van der Waals surface area contributed by atoms with Crippen molar-refractivity contribution in [2.45, 2.75) is 31.4 Å². The van der Waals surface area contributed by atoms with Crippen molar-refractivity contribution in [2.75, 3.05) is 19.0 Å². The van der Waals surface area contributed by atoms with Crippen LogP contribution in [-0.2, 0) is 23.9 Å². The van der Waals surface area contributed by atoms with Crippen LogP contribution in [0, 0.1) is 0 Å². The third kappa shape index (κ3) is 7.17. The molecule has 0 aliphatic carbocycles. The summed E-state index contributed by atoms with van der Waals surface area (Å²) in [7, 11) is 1.32. The van der Waals surface area contributed by atoms with E-state index in [4.69, 9.17) is 4.74 Å². The Morgan fingerprint density at radius 1 is 1.09 bits per heavy atom. The zero-order chi connectivity index (χ0) is 24.5. The quantitative estimate of drug-likeness (QED) is 0.429. The first-order chi connectivity index (χ1) is 16.4. The van der Waals surface area contributed by atoms with Gasteiger partial charge < -0.3 is 14.8 Å². The molecule has 1 unspecified atom stereocenters. The SMILES string of the molecule is COC(=O)CCCN1C(=O)C(CC(=O)Nc2ccc(OC(C)=O)cc2)SC1=Nc1ccccc1. The minimum Gasteiger partial charge on any atom is -0.469 e. The van der Waals surface area contributed by atoms with E-state index in [1.807, 2.05) is 30.3 Å². The summed E-state index contributed by atoms with van der Waals surface area (Å²) in [4.78, 5) is 54.3. The highest BCUT2D eigenvalue weighted by molar-refractivity contribution is 8.15. The van der Waals surface area contributed by atoms with Crippen LogP contribution in [0.5, 0.6) is 5.75 Å². The van der Waals surface area contributed by atoms with Gasteiger partial charge in [-0.25, -0.2) is 4.99 Å². The molecule has 0 saturated carbocycles. The smallest absolute Gasteiger partial charge is 0.308 e. The number of aliphatic imine (C=N–C) groups is 1. The average molecular weight is 484 g/mol. The van der Waals surface area contributed by atoms with Gasteiger partial charge in [-0.15, -0.1) is 0 Å². The molecule has 1 fully saturated rings. The van der Waals surface area contributed by atoms with E-state index in [0.717, 1.165) is 0 Å². The van der Waals surface area contributed by atoms with Crippen molar-refractivity contribution in [1.82, 2.24) is 4.90 Å². The number of ether oxygens (including phenoxy) is 2. The molecule has 10 heteroatoms. The Morgan fingerprint density at radius 3 is 2.44 bits per heavy atom. The van der Waals surface area contributed by atoms with E-state index in [2.05, 4.69) is 15.0 Å². The molecule has 1 heterocycles. The van der Waals surface area contributed by atoms with Gasteiger partial charge in [-0.3, -0.25) is 24.1 Å². The van der Waals surface area contributed by atoms with Gasteiger partial charge in [0.15, 0.2) is 5.17 Å². The Morgan fingerprint density at radius 2 is 1.79 bits per heavy atom. The second kappa shape index (κ2) is 12.0. The summed E-state index contributed by atoms with van der Waals surface area (Å²) in [6.45, 7) is 1.60. The Balaban J connectivity index is 1.66. The number of nitrogens with zero attached hydrogens (tertiary/aromatic N) is 2. The monoisotopic (exact) mass is 483 g/mol. The fraction of sp³-hybridized carbons (Fsp3) is 0.292. The van der Waals surface area contributed by atoms with E-state index in [1.54, 1.807) is 24.3 Å². The van der Waals surface area contributed by atoms with Crippen LogP contribution < -0.4 is 10.1 Å². The molecule has 178 valence electrons. The lowest BCUT2D eigenvalue weighted by molar-refractivity contribution is -0.141. The highest BCUT2D eigenvalue weighted by Gasteiger charge is 2.39. The van der Waals surface area contributed by atoms with E-state index in [9.17, 15) is 19.2 Å². The number of methoxy groups -OCH3 is 1. The molecule has 2 aromatic rings. The van der Waals surface area contributed by atoms with Crippen molar-refractivity contribution < 1.29 is 28.7 Å². The standard InChI is InChI=1S/C24H25N3O6S/c1-16(28)33-19-12-10-18(11-13-19)25-21(29)15-20-23(31)27(14-6-9-22(30)32-2)24(34-20)26-17-7-4-3-5-8-17/h3-5,7-8,10-13,20H,6,9,14-15H2,1-2H3,(H,25,29). The molecule has 1 N–H and O–H groups in total. The number of hydrogen-bond acceptors (Lipinski definition) is 8. The van der Waals surface area contributed by atoms with Crippen molar-refractivity contribution >= 4 is 52.1 Å². The molecule has 9 nitrogen and oxygen atoms in total. The number of carbonyl (C=O) groups excluding carboxylic acids is 4. The molecule has 34 heavy (non-hydrogen) atoms. The molecule has 0 spiro atoms. The largest absolute Gasteiger partial charge is 0.469 e. The van der Waals surface area contributed by atoms with Crippen LogP contribution in [-0.4, -0.2) is 52.7 Å². The van der Waals surface area contributed by atoms with Crippen LogP contribution >= 0.6 is 11.8 Å². The van der Waals surface area contributed by atoms with Crippen LogP contribution in [0.4, 0.5) is 11.4 Å². The first-order valence-electron chi connectivity index (χ1n) is 10.6. The third-order valence-corrected chi connectivity index (χ3v) is 5.94. The Bertz CT molecular complexity index is 1070. The maximum Gasteiger partial charge on any atom is 0.308 e. The maximum atomic E-state index is 13.1. The van der Waals surface area contributed by atoms with Crippen molar-refractivity contribution in [3.63, 3.8) is 0 Å². The lowest BCUT2D eigenvalue weighted by Gasteiger charge is -2.16. The normalized spacial score (nSPS) is 16.4. The second-order valence-corrected chi connectivity index (χ2v) is 8.55. The molecule has 0 aromatic heterocycles. The van der Waals surface area contributed by atoms with E-state index < -0.39 is 11.2 Å². The van der Waals surface area contributed by atoms with Crippen molar-refractivity contribution in [1.29, 1.82) is 0 Å². The van der Waals surface area contributed by atoms with Gasteiger partial charge in [-0.05, 0) is 42.8 Å². The number of rotatable bonds is 9. The Labute approximate surface area is 201 Å². The van der Waals surface area contributed by atoms with Gasteiger partial charge in [-0.2, -0.15) is 0 Å². The van der Waals surface area contributed by atoms with E-state index in [1.165, 1.54) is 30.7 Å². The molecule has 1 saturated heterocycles. The summed E-state index contributed by atoms with van der Waals surface area (Å²) in [5, 5.41) is 2.60. The van der Waals surface area contributed by atoms with Gasteiger partial charge in [0.05, 0.1) is 12.8 Å². The van der Waals surface area contributed by atoms with Crippen LogP contribution in [0.15, 0.2) is 59.6 Å². The summed E-state index contributed by atoms with van der Waals surface area (Å²) in [6.07, 6.45) is 0.551. The summed E-state index contributed by atoms with van der Waals surface area (Å²) < 4.78 is 9.64. The number of esters is 2. The second-order valence-electron chi connectivity index (χ2n) is 7.38. The number of carbonyl (C=O) groups is 4. The molecule has 2 aromatic carbocycles. The lowest BCUT2D eigenvalue weighted by atomic mass is 10.2. The summed E-state index contributed by atoms with van der Waals surface area (Å²) in [6, 6.07) is 15.6. The van der Waals surface area contributed by atoms with E-state index in [-0.39, 0.29) is 30.6 Å². The van der Waals surface area contributed by atoms with Crippen LogP contribution in [0.2, 0.25) is 0 Å². The van der Waals surface area contributed by atoms with Crippen LogP contribution in [0.3, 0.4) is 0 Å². The van der Waals surface area contributed by atoms with Crippen LogP contribution in [0.1, 0.15) is 26.2 Å². The number of benzene rings is 2. The van der Waals surface area contributed by atoms with Crippen molar-refractivity contribution in [3.05, 3.63) is 54.6 Å². The Kier molecular flexibility index (Phi) is 8.80. The molecular formula is C24H25N3O6S. The van der Waals surface area contributed by atoms with Gasteiger partial charge in [0.2, 0.25) is 11.8 Å². The van der Waals surface area contributed by atoms with Gasteiger partial charge in [0.25, 0.3) is 0 Å². The molecule has 0 radical (unpaired) electrons. The molecule has 1 aliphatic heterocycles. The fourth-order valence-corrected chi connectivity index (χ4v) is 4.36. The van der Waals surface area contributed by atoms with E-state index in [0.29, 0.717) is 35.3 Å². The molecule has 1 atom stereocenters. The maximum absolute atomic E-state index is 13.1. The predicted octanol–water partition coefficient (Wildman–Crippen LogP) is 3.53. The van der Waals surface area contributed by atoms with Crippen molar-refractivity contribution in [3.8, 4) is 5.75 Å². The van der Waals surface area contributed by atoms with E-state index >= 15 is 0 Å². The highest BCUT2D eigenvalue weighted by atomic mass is 32.2. The van der Waals surface area contributed by atoms with Crippen molar-refractivity contribution in [2.24, 2.45) is 4.99 Å². The molecule has 0 bridgehead atoms. The lowest BCUT2D eigenvalue weighted by Crippen LogP contribution is -2.34. The number of nitrogens with one attached hydrogen (secondary N) is 1.